The third-order valence-corrected chi connectivity index (χ3v) is 4.23. The van der Waals surface area contributed by atoms with E-state index in [1.54, 1.807) is 31.0 Å². The number of ketones is 1. The molecule has 1 unspecified atom stereocenters. The van der Waals surface area contributed by atoms with Crippen LogP contribution in [0.25, 0.3) is 0 Å². The number of hydrogen-bond donors (Lipinski definition) is 0. The van der Waals surface area contributed by atoms with Crippen molar-refractivity contribution in [2.24, 2.45) is 0 Å². The van der Waals surface area contributed by atoms with Crippen molar-refractivity contribution in [3.8, 4) is 11.5 Å². The molecule has 2 aromatic rings. The van der Waals surface area contributed by atoms with E-state index in [1.807, 2.05) is 36.4 Å². The highest BCUT2D eigenvalue weighted by Crippen LogP contribution is 2.41. The van der Waals surface area contributed by atoms with Crippen molar-refractivity contribution < 1.29 is 14.3 Å². The van der Waals surface area contributed by atoms with Gasteiger partial charge in [-0.1, -0.05) is 36.0 Å². The van der Waals surface area contributed by atoms with E-state index in [0.29, 0.717) is 17.7 Å². The Bertz CT molecular complexity index is 614. The Balaban J connectivity index is 1.69. The van der Waals surface area contributed by atoms with Gasteiger partial charge in [-0.05, 0) is 24.3 Å². The molecule has 0 amide bonds. The van der Waals surface area contributed by atoms with Gasteiger partial charge in [-0.15, -0.1) is 0 Å². The van der Waals surface area contributed by atoms with Gasteiger partial charge in [0, 0.05) is 5.56 Å². The summed E-state index contributed by atoms with van der Waals surface area (Å²) in [6, 6.07) is 15.1. The average Bonchev–Trinajstić information content (AvgIpc) is 2.89. The molecule has 2 aromatic carbocycles. The summed E-state index contributed by atoms with van der Waals surface area (Å²) in [5, 5.41) is 0. The summed E-state index contributed by atoms with van der Waals surface area (Å²) in [5.74, 6) is 1.62. The molecule has 0 N–H and O–H groups in total. The van der Waals surface area contributed by atoms with Gasteiger partial charge in [0.2, 0.25) is 0 Å². The van der Waals surface area contributed by atoms with E-state index in [2.05, 4.69) is 0 Å². The van der Waals surface area contributed by atoms with E-state index in [0.717, 1.165) is 10.6 Å². The third kappa shape index (κ3) is 2.65. The molecule has 3 rings (SSSR count). The highest BCUT2D eigenvalue weighted by molar-refractivity contribution is 8.00. The van der Waals surface area contributed by atoms with Crippen LogP contribution in [0, 0.1) is 0 Å². The van der Waals surface area contributed by atoms with Crippen LogP contribution in [0.15, 0.2) is 53.4 Å². The Hall–Kier alpha value is -1.94. The van der Waals surface area contributed by atoms with Crippen molar-refractivity contribution in [2.45, 2.75) is 16.8 Å². The fraction of sp³-hybridized carbons (Fsp3) is 0.188. The molecular formula is C16H14O3S. The molecule has 20 heavy (non-hydrogen) atoms. The van der Waals surface area contributed by atoms with Gasteiger partial charge in [0.15, 0.2) is 11.2 Å². The van der Waals surface area contributed by atoms with Crippen LogP contribution >= 0.6 is 11.8 Å². The third-order valence-electron chi connectivity index (χ3n) is 3.11. The van der Waals surface area contributed by atoms with Gasteiger partial charge in [0.1, 0.15) is 11.5 Å². The maximum Gasteiger partial charge on any atom is 0.167 e. The minimum Gasteiger partial charge on any atom is -0.497 e. The van der Waals surface area contributed by atoms with E-state index in [9.17, 15) is 4.79 Å². The van der Waals surface area contributed by atoms with Crippen LogP contribution in [0.1, 0.15) is 16.8 Å². The number of fused-ring (bicyclic) bond motifs is 1. The Labute approximate surface area is 121 Å². The number of ether oxygens (including phenoxy) is 2. The first kappa shape index (κ1) is 13.1. The lowest BCUT2D eigenvalue weighted by Crippen LogP contribution is -2.13. The SMILES string of the molecule is COc1cccc(C(=O)CC2Oc3ccccc3S2)c1. The maximum absolute atomic E-state index is 12.3. The molecule has 0 spiro atoms. The molecule has 4 heteroatoms. The van der Waals surface area contributed by atoms with Crippen molar-refractivity contribution in [2.75, 3.05) is 7.11 Å². The molecule has 0 aromatic heterocycles. The van der Waals surface area contributed by atoms with Crippen LogP contribution < -0.4 is 9.47 Å². The molecular weight excluding hydrogens is 272 g/mol. The number of rotatable bonds is 4. The number of methoxy groups -OCH3 is 1. The second-order valence-electron chi connectivity index (χ2n) is 4.47. The molecule has 0 aliphatic carbocycles. The largest absolute Gasteiger partial charge is 0.497 e. The van der Waals surface area contributed by atoms with E-state index < -0.39 is 0 Å². The predicted molar refractivity (Wildman–Crippen MR) is 78.7 cm³/mol. The zero-order valence-electron chi connectivity index (χ0n) is 11.0. The van der Waals surface area contributed by atoms with Crippen molar-refractivity contribution in [1.82, 2.24) is 0 Å². The van der Waals surface area contributed by atoms with Gasteiger partial charge in [0.25, 0.3) is 0 Å². The highest BCUT2D eigenvalue weighted by atomic mass is 32.2. The summed E-state index contributed by atoms with van der Waals surface area (Å²) in [7, 11) is 1.59. The molecule has 0 radical (unpaired) electrons. The monoisotopic (exact) mass is 286 g/mol. The fourth-order valence-corrected chi connectivity index (χ4v) is 3.16. The van der Waals surface area contributed by atoms with Crippen LogP contribution in [0.3, 0.4) is 0 Å². The van der Waals surface area contributed by atoms with E-state index in [1.165, 1.54) is 0 Å². The number of thioether (sulfide) groups is 1. The molecule has 3 nitrogen and oxygen atoms in total. The first-order valence-corrected chi connectivity index (χ1v) is 7.24. The average molecular weight is 286 g/mol. The van der Waals surface area contributed by atoms with Gasteiger partial charge in [-0.25, -0.2) is 0 Å². The number of Topliss-reactive ketones (excluding diaryl/α,β-unsaturated/α-hetero) is 1. The van der Waals surface area contributed by atoms with Gasteiger partial charge in [-0.2, -0.15) is 0 Å². The quantitative estimate of drug-likeness (QED) is 0.801. The first-order valence-electron chi connectivity index (χ1n) is 6.36. The first-order chi connectivity index (χ1) is 9.76. The molecule has 0 saturated heterocycles. The van der Waals surface area contributed by atoms with Crippen LogP contribution in [-0.2, 0) is 0 Å². The number of hydrogen-bond acceptors (Lipinski definition) is 4. The van der Waals surface area contributed by atoms with E-state index in [-0.39, 0.29) is 11.2 Å². The second-order valence-corrected chi connectivity index (χ2v) is 5.67. The summed E-state index contributed by atoms with van der Waals surface area (Å²) in [6.07, 6.45) is 0.354. The molecule has 1 heterocycles. The Kier molecular flexibility index (Phi) is 3.65. The van der Waals surface area contributed by atoms with Gasteiger partial charge in [-0.3, -0.25) is 4.79 Å². The Morgan fingerprint density at radius 2 is 2.10 bits per heavy atom. The van der Waals surface area contributed by atoms with Crippen molar-refractivity contribution in [1.29, 1.82) is 0 Å². The molecule has 1 aliphatic heterocycles. The van der Waals surface area contributed by atoms with Gasteiger partial charge >= 0.3 is 0 Å². The summed E-state index contributed by atoms with van der Waals surface area (Å²) in [4.78, 5) is 13.4. The molecule has 0 bridgehead atoms. The maximum atomic E-state index is 12.3. The fourth-order valence-electron chi connectivity index (χ4n) is 2.10. The lowest BCUT2D eigenvalue weighted by molar-refractivity contribution is 0.0953. The van der Waals surface area contributed by atoms with Crippen molar-refractivity contribution in [3.63, 3.8) is 0 Å². The molecule has 1 aliphatic rings. The summed E-state index contributed by atoms with van der Waals surface area (Å²) in [6.45, 7) is 0. The standard InChI is InChI=1S/C16H14O3S/c1-18-12-6-4-5-11(9-12)13(17)10-16-19-14-7-2-3-8-15(14)20-16/h2-9,16H,10H2,1H3. The van der Waals surface area contributed by atoms with Crippen molar-refractivity contribution >= 4 is 17.5 Å². The number of benzene rings is 2. The smallest absolute Gasteiger partial charge is 0.167 e. The Morgan fingerprint density at radius 1 is 1.25 bits per heavy atom. The highest BCUT2D eigenvalue weighted by Gasteiger charge is 2.26. The zero-order valence-corrected chi connectivity index (χ0v) is 11.9. The normalized spacial score (nSPS) is 16.4. The minimum atomic E-state index is -0.147. The molecule has 102 valence electrons. The molecule has 0 fully saturated rings. The van der Waals surface area contributed by atoms with Crippen LogP contribution in [0.2, 0.25) is 0 Å². The molecule has 0 saturated carbocycles. The van der Waals surface area contributed by atoms with Gasteiger partial charge < -0.3 is 9.47 Å². The van der Waals surface area contributed by atoms with E-state index >= 15 is 0 Å². The number of carbonyl (C=O) groups excluding carboxylic acids is 1. The summed E-state index contributed by atoms with van der Waals surface area (Å²) in [5.41, 5.74) is 0.510. The minimum absolute atomic E-state index is 0.0641. The lowest BCUT2D eigenvalue weighted by Gasteiger charge is -2.09. The summed E-state index contributed by atoms with van der Waals surface area (Å²) < 4.78 is 10.9. The topological polar surface area (TPSA) is 35.5 Å². The van der Waals surface area contributed by atoms with Crippen molar-refractivity contribution in [3.05, 3.63) is 54.1 Å². The predicted octanol–water partition coefficient (Wildman–Crippen LogP) is 3.78. The Morgan fingerprint density at radius 3 is 2.90 bits per heavy atom. The number of para-hydroxylation sites is 1. The van der Waals surface area contributed by atoms with E-state index in [4.69, 9.17) is 9.47 Å². The van der Waals surface area contributed by atoms with Crippen LogP contribution in [0.5, 0.6) is 11.5 Å². The second kappa shape index (κ2) is 5.59. The van der Waals surface area contributed by atoms with Crippen LogP contribution in [0.4, 0.5) is 0 Å². The number of carbonyl (C=O) groups is 1. The van der Waals surface area contributed by atoms with Crippen LogP contribution in [-0.4, -0.2) is 18.3 Å². The zero-order chi connectivity index (χ0) is 13.9. The lowest BCUT2D eigenvalue weighted by atomic mass is 10.1. The van der Waals surface area contributed by atoms with Gasteiger partial charge in [0.05, 0.1) is 18.4 Å². The molecule has 1 atom stereocenters. The summed E-state index contributed by atoms with van der Waals surface area (Å²) >= 11 is 1.59.